The average Bonchev–Trinajstić information content (AvgIpc) is 2.47. The number of fused-ring (bicyclic) bond motifs is 1. The van der Waals surface area contributed by atoms with Crippen LogP contribution >= 0.6 is 0 Å². The number of benzene rings is 2. The van der Waals surface area contributed by atoms with Gasteiger partial charge in [-0.15, -0.1) is 0 Å². The van der Waals surface area contributed by atoms with Crippen molar-refractivity contribution in [1.82, 2.24) is 0 Å². The molecule has 2 aromatic carbocycles. The van der Waals surface area contributed by atoms with E-state index < -0.39 is 0 Å². The summed E-state index contributed by atoms with van der Waals surface area (Å²) in [6.07, 6.45) is 1.11. The predicted octanol–water partition coefficient (Wildman–Crippen LogP) is 5.57. The molecule has 106 valence electrons. The smallest absolute Gasteiger partial charge is 0.00712 e. The fourth-order valence-corrected chi connectivity index (χ4v) is 3.47. The standard InChI is InChI=1S/C21H22/c1-14(2)20-16(4)13-18-11-10-15(3)12-19(18)21(20)17-8-6-5-7-9-17/h5-12,16H,1,13H2,2-4H3. The maximum atomic E-state index is 4.24. The highest BCUT2D eigenvalue weighted by atomic mass is 14.3. The first-order valence-electron chi connectivity index (χ1n) is 7.63. The van der Waals surface area contributed by atoms with Crippen molar-refractivity contribution in [2.75, 3.05) is 0 Å². The lowest BCUT2D eigenvalue weighted by molar-refractivity contribution is 0.675. The summed E-state index contributed by atoms with van der Waals surface area (Å²) < 4.78 is 0. The summed E-state index contributed by atoms with van der Waals surface area (Å²) in [6.45, 7) is 10.9. The summed E-state index contributed by atoms with van der Waals surface area (Å²) in [5, 5.41) is 0. The Morgan fingerprint density at radius 2 is 1.81 bits per heavy atom. The highest BCUT2D eigenvalue weighted by Crippen LogP contribution is 2.41. The zero-order chi connectivity index (χ0) is 15.0. The predicted molar refractivity (Wildman–Crippen MR) is 91.3 cm³/mol. The van der Waals surface area contributed by atoms with Gasteiger partial charge in [0.25, 0.3) is 0 Å². The van der Waals surface area contributed by atoms with Gasteiger partial charge >= 0.3 is 0 Å². The van der Waals surface area contributed by atoms with Crippen molar-refractivity contribution in [1.29, 1.82) is 0 Å². The molecule has 0 fully saturated rings. The summed E-state index contributed by atoms with van der Waals surface area (Å²) in [5.74, 6) is 0.521. The van der Waals surface area contributed by atoms with Gasteiger partial charge in [0.2, 0.25) is 0 Å². The molecule has 3 rings (SSSR count). The van der Waals surface area contributed by atoms with Gasteiger partial charge in [-0.2, -0.15) is 0 Å². The van der Waals surface area contributed by atoms with E-state index in [1.54, 1.807) is 0 Å². The third kappa shape index (κ3) is 2.47. The molecule has 0 radical (unpaired) electrons. The molecule has 0 saturated carbocycles. The van der Waals surface area contributed by atoms with Crippen LogP contribution in [0.3, 0.4) is 0 Å². The monoisotopic (exact) mass is 274 g/mol. The van der Waals surface area contributed by atoms with E-state index in [1.807, 2.05) is 0 Å². The molecule has 0 aliphatic heterocycles. The van der Waals surface area contributed by atoms with Crippen LogP contribution in [0.2, 0.25) is 0 Å². The molecule has 0 aromatic heterocycles. The Balaban J connectivity index is 2.34. The summed E-state index contributed by atoms with van der Waals surface area (Å²) in [5.41, 5.74) is 9.44. The van der Waals surface area contributed by atoms with Crippen LogP contribution in [0.1, 0.15) is 36.1 Å². The molecule has 0 amide bonds. The molecule has 0 heteroatoms. The third-order valence-corrected chi connectivity index (χ3v) is 4.35. The van der Waals surface area contributed by atoms with Crippen molar-refractivity contribution in [3.8, 4) is 0 Å². The van der Waals surface area contributed by atoms with Crippen molar-refractivity contribution >= 4 is 5.57 Å². The molecule has 0 nitrogen and oxygen atoms in total. The largest absolute Gasteiger partial charge is 0.0958 e. The third-order valence-electron chi connectivity index (χ3n) is 4.35. The lowest BCUT2D eigenvalue weighted by Crippen LogP contribution is -2.15. The fourth-order valence-electron chi connectivity index (χ4n) is 3.47. The van der Waals surface area contributed by atoms with Crippen molar-refractivity contribution in [2.45, 2.75) is 27.2 Å². The minimum atomic E-state index is 0.521. The Labute approximate surface area is 127 Å². The molecule has 1 aliphatic rings. The van der Waals surface area contributed by atoms with Gasteiger partial charge in [-0.1, -0.05) is 73.2 Å². The van der Waals surface area contributed by atoms with E-state index in [0.717, 1.165) is 6.42 Å². The van der Waals surface area contributed by atoms with Crippen LogP contribution in [0.15, 0.2) is 66.3 Å². The highest BCUT2D eigenvalue weighted by molar-refractivity contribution is 5.87. The molecule has 0 heterocycles. The molecule has 1 aliphatic carbocycles. The summed E-state index contributed by atoms with van der Waals surface area (Å²) >= 11 is 0. The minimum absolute atomic E-state index is 0.521. The van der Waals surface area contributed by atoms with E-state index in [0.29, 0.717) is 5.92 Å². The molecule has 21 heavy (non-hydrogen) atoms. The van der Waals surface area contributed by atoms with Crippen LogP contribution in [0.4, 0.5) is 0 Å². The summed E-state index contributed by atoms with van der Waals surface area (Å²) in [6, 6.07) is 17.6. The molecule has 2 aromatic rings. The molecular weight excluding hydrogens is 252 g/mol. The first-order chi connectivity index (χ1) is 10.1. The first kappa shape index (κ1) is 13.9. The Bertz CT molecular complexity index is 717. The Morgan fingerprint density at radius 3 is 2.48 bits per heavy atom. The molecule has 1 atom stereocenters. The normalized spacial score (nSPS) is 17.6. The Kier molecular flexibility index (Phi) is 3.55. The van der Waals surface area contributed by atoms with Crippen molar-refractivity contribution in [2.24, 2.45) is 5.92 Å². The topological polar surface area (TPSA) is 0 Å². The van der Waals surface area contributed by atoms with Gasteiger partial charge in [0, 0.05) is 0 Å². The van der Waals surface area contributed by atoms with E-state index in [2.05, 4.69) is 75.9 Å². The second-order valence-corrected chi connectivity index (χ2v) is 6.20. The maximum Gasteiger partial charge on any atom is -0.00712 e. The molecule has 0 bridgehead atoms. The Hall–Kier alpha value is -2.08. The van der Waals surface area contributed by atoms with Crippen LogP contribution in [0.25, 0.3) is 5.57 Å². The van der Waals surface area contributed by atoms with E-state index in [9.17, 15) is 0 Å². The number of aryl methyl sites for hydroxylation is 1. The molecular formula is C21H22. The number of rotatable bonds is 2. The van der Waals surface area contributed by atoms with E-state index in [1.165, 1.54) is 39.0 Å². The lowest BCUT2D eigenvalue weighted by atomic mass is 9.74. The second-order valence-electron chi connectivity index (χ2n) is 6.20. The second kappa shape index (κ2) is 5.37. The SMILES string of the molecule is C=C(C)C1=C(c2ccccc2)c2cc(C)ccc2CC1C. The van der Waals surface area contributed by atoms with E-state index in [4.69, 9.17) is 0 Å². The molecule has 0 spiro atoms. The zero-order valence-electron chi connectivity index (χ0n) is 13.1. The molecule has 1 unspecified atom stereocenters. The van der Waals surface area contributed by atoms with Crippen LogP contribution in [0, 0.1) is 12.8 Å². The van der Waals surface area contributed by atoms with Crippen molar-refractivity contribution in [3.63, 3.8) is 0 Å². The Morgan fingerprint density at radius 1 is 1.10 bits per heavy atom. The van der Waals surface area contributed by atoms with Gasteiger partial charge in [0.15, 0.2) is 0 Å². The van der Waals surface area contributed by atoms with Gasteiger partial charge < -0.3 is 0 Å². The van der Waals surface area contributed by atoms with E-state index >= 15 is 0 Å². The summed E-state index contributed by atoms with van der Waals surface area (Å²) in [4.78, 5) is 0. The zero-order valence-corrected chi connectivity index (χ0v) is 13.1. The van der Waals surface area contributed by atoms with Crippen molar-refractivity contribution in [3.05, 3.63) is 88.5 Å². The lowest BCUT2D eigenvalue weighted by Gasteiger charge is -2.29. The van der Waals surface area contributed by atoms with Gasteiger partial charge in [0.1, 0.15) is 0 Å². The van der Waals surface area contributed by atoms with Crippen LogP contribution in [-0.2, 0) is 6.42 Å². The van der Waals surface area contributed by atoms with Gasteiger partial charge in [-0.25, -0.2) is 0 Å². The number of allylic oxidation sites excluding steroid dienone is 2. The van der Waals surface area contributed by atoms with E-state index in [-0.39, 0.29) is 0 Å². The number of hydrogen-bond acceptors (Lipinski definition) is 0. The molecule has 0 saturated heterocycles. The van der Waals surface area contributed by atoms with Crippen LogP contribution in [0.5, 0.6) is 0 Å². The number of hydrogen-bond donors (Lipinski definition) is 0. The maximum absolute atomic E-state index is 4.24. The van der Waals surface area contributed by atoms with Crippen LogP contribution < -0.4 is 0 Å². The molecule has 0 N–H and O–H groups in total. The van der Waals surface area contributed by atoms with Gasteiger partial charge in [0.05, 0.1) is 0 Å². The first-order valence-corrected chi connectivity index (χ1v) is 7.63. The van der Waals surface area contributed by atoms with Gasteiger partial charge in [-0.3, -0.25) is 0 Å². The highest BCUT2D eigenvalue weighted by Gasteiger charge is 2.25. The minimum Gasteiger partial charge on any atom is -0.0958 e. The van der Waals surface area contributed by atoms with Crippen molar-refractivity contribution < 1.29 is 0 Å². The van der Waals surface area contributed by atoms with Gasteiger partial charge in [-0.05, 0) is 54.0 Å². The summed E-state index contributed by atoms with van der Waals surface area (Å²) in [7, 11) is 0. The quantitative estimate of drug-likeness (QED) is 0.672. The van der Waals surface area contributed by atoms with Crippen LogP contribution in [-0.4, -0.2) is 0 Å². The average molecular weight is 274 g/mol. The fraction of sp³-hybridized carbons (Fsp3) is 0.238.